The van der Waals surface area contributed by atoms with Crippen LogP contribution in [0, 0.1) is 0 Å². The number of hydrogen-bond acceptors (Lipinski definition) is 7. The zero-order valence-electron chi connectivity index (χ0n) is 18.0. The molecule has 2 unspecified atom stereocenters. The largest absolute Gasteiger partial charge is 0.481 e. The molecule has 3 saturated heterocycles. The van der Waals surface area contributed by atoms with Crippen molar-refractivity contribution in [3.63, 3.8) is 0 Å². The fourth-order valence-corrected chi connectivity index (χ4v) is 5.05. The molecular weight excluding hydrogens is 401 g/mol. The average molecular weight is 425 g/mol. The monoisotopic (exact) mass is 425 g/mol. The Morgan fingerprint density at radius 2 is 2.06 bits per heavy atom. The second kappa shape index (κ2) is 7.67. The highest BCUT2D eigenvalue weighted by atomic mass is 16.5. The van der Waals surface area contributed by atoms with Gasteiger partial charge in [0.15, 0.2) is 5.65 Å². The quantitative estimate of drug-likeness (QED) is 0.604. The van der Waals surface area contributed by atoms with Crippen molar-refractivity contribution >= 4 is 24.5 Å². The zero-order valence-corrected chi connectivity index (χ0v) is 18.0. The molecule has 7 rings (SSSR count). The van der Waals surface area contributed by atoms with Crippen LogP contribution in [0.4, 0.5) is 0 Å². The maximum absolute atomic E-state index is 6.06. The van der Waals surface area contributed by atoms with Gasteiger partial charge in [-0.05, 0) is 23.6 Å². The number of hydrogen-bond donors (Lipinski definition) is 1. The normalized spacial score (nSPS) is 22.7. The lowest BCUT2D eigenvalue weighted by Gasteiger charge is -2.57. The van der Waals surface area contributed by atoms with E-state index < -0.39 is 0 Å². The second-order valence-corrected chi connectivity index (χ2v) is 8.64. The number of rotatable bonds is 5. The van der Waals surface area contributed by atoms with Crippen molar-refractivity contribution in [1.29, 1.82) is 0 Å². The van der Waals surface area contributed by atoms with E-state index in [4.69, 9.17) is 12.6 Å². The molecule has 1 N–H and O–H groups in total. The Morgan fingerprint density at radius 3 is 2.78 bits per heavy atom. The Kier molecular flexibility index (Phi) is 4.64. The molecule has 2 radical (unpaired) electrons. The molecule has 7 heterocycles. The van der Waals surface area contributed by atoms with Gasteiger partial charge in [-0.1, -0.05) is 23.7 Å². The van der Waals surface area contributed by atoms with Gasteiger partial charge < -0.3 is 15.0 Å². The molecule has 3 aromatic rings. The summed E-state index contributed by atoms with van der Waals surface area (Å²) in [5.41, 5.74) is 4.92. The van der Waals surface area contributed by atoms with Gasteiger partial charge in [-0.15, -0.1) is 0 Å². The number of pyridine rings is 2. The average Bonchev–Trinajstić information content (AvgIpc) is 3.31. The number of nitrogens with zero attached hydrogens (tertiary/aromatic N) is 6. The van der Waals surface area contributed by atoms with Crippen LogP contribution in [0.2, 0.25) is 0 Å². The van der Waals surface area contributed by atoms with E-state index in [1.54, 1.807) is 24.1 Å². The highest BCUT2D eigenvalue weighted by Gasteiger charge is 2.44. The molecule has 0 aliphatic carbocycles. The van der Waals surface area contributed by atoms with Gasteiger partial charge in [0, 0.05) is 62.3 Å². The molecule has 2 atom stereocenters. The molecule has 3 fully saturated rings. The van der Waals surface area contributed by atoms with Crippen molar-refractivity contribution in [2.45, 2.75) is 25.0 Å². The van der Waals surface area contributed by atoms with Crippen molar-refractivity contribution in [2.24, 2.45) is 0 Å². The predicted molar refractivity (Wildman–Crippen MR) is 123 cm³/mol. The van der Waals surface area contributed by atoms with Crippen LogP contribution >= 0.6 is 0 Å². The molecule has 0 aromatic carbocycles. The van der Waals surface area contributed by atoms with E-state index in [2.05, 4.69) is 48.4 Å². The first-order chi connectivity index (χ1) is 15.7. The number of aromatic nitrogens is 4. The Labute approximate surface area is 188 Å². The minimum absolute atomic E-state index is 0.577. The van der Waals surface area contributed by atoms with Gasteiger partial charge in [0.25, 0.3) is 0 Å². The van der Waals surface area contributed by atoms with Crippen molar-refractivity contribution in [3.05, 3.63) is 66.0 Å². The number of fused-ring (bicyclic) bond motifs is 3. The maximum Gasteiger partial charge on any atom is 0.212 e. The summed E-state index contributed by atoms with van der Waals surface area (Å²) < 4.78 is 6.90. The van der Waals surface area contributed by atoms with Gasteiger partial charge in [0.2, 0.25) is 5.88 Å². The van der Waals surface area contributed by atoms with Crippen LogP contribution in [0.1, 0.15) is 17.5 Å². The number of piperazine rings is 1. The van der Waals surface area contributed by atoms with Crippen molar-refractivity contribution < 1.29 is 4.74 Å². The number of methoxy groups -OCH3 is 1. The van der Waals surface area contributed by atoms with Crippen LogP contribution in [0.15, 0.2) is 54.9 Å². The van der Waals surface area contributed by atoms with Gasteiger partial charge in [0.05, 0.1) is 7.11 Å². The molecule has 0 spiro atoms. The molecule has 3 aromatic heterocycles. The second-order valence-electron chi connectivity index (χ2n) is 8.64. The lowest BCUT2D eigenvalue weighted by Crippen LogP contribution is -2.68. The Morgan fingerprint density at radius 1 is 1.19 bits per heavy atom. The first-order valence-corrected chi connectivity index (χ1v) is 10.9. The lowest BCUT2D eigenvalue weighted by atomic mass is 9.86. The third kappa shape index (κ3) is 3.33. The van der Waals surface area contributed by atoms with Gasteiger partial charge in [-0.3, -0.25) is 4.90 Å². The van der Waals surface area contributed by atoms with Crippen LogP contribution < -0.4 is 15.5 Å². The molecule has 8 nitrogen and oxygen atoms in total. The minimum Gasteiger partial charge on any atom is -0.481 e. The molecule has 32 heavy (non-hydrogen) atoms. The molecule has 4 aliphatic rings. The van der Waals surface area contributed by atoms with Gasteiger partial charge in [-0.25, -0.2) is 14.5 Å². The topological polar surface area (TPSA) is 70.8 Å². The van der Waals surface area contributed by atoms with Crippen molar-refractivity contribution in [3.8, 4) is 5.88 Å². The number of allylic oxidation sites excluding steroid dienone is 2. The van der Waals surface area contributed by atoms with Crippen LogP contribution in [0.25, 0.3) is 11.2 Å². The standard InChI is InChI=1S/C23H24BN7O/c1-32-22-5-2-15(8-26-22)10-30-18-7-19(30)13-29(12-18)21-4-3-16(9-25-21)20-6-17(24)11-31-23(20)27-14-28-31/h2-6,8,11,14,18-19,25H,7,9-10,12-13H2,1H3. The van der Waals surface area contributed by atoms with E-state index in [9.17, 15) is 0 Å². The minimum atomic E-state index is 0.577. The summed E-state index contributed by atoms with van der Waals surface area (Å²) in [4.78, 5) is 13.8. The summed E-state index contributed by atoms with van der Waals surface area (Å²) in [6, 6.07) is 7.17. The van der Waals surface area contributed by atoms with Gasteiger partial charge in [-0.2, -0.15) is 5.10 Å². The summed E-state index contributed by atoms with van der Waals surface area (Å²) in [7, 11) is 7.71. The van der Waals surface area contributed by atoms with E-state index in [-0.39, 0.29) is 0 Å². The summed E-state index contributed by atoms with van der Waals surface area (Å²) in [5, 5.41) is 7.83. The van der Waals surface area contributed by atoms with E-state index in [0.29, 0.717) is 23.4 Å². The number of dihydropyridines is 1. The first-order valence-electron chi connectivity index (χ1n) is 10.9. The predicted octanol–water partition coefficient (Wildman–Crippen LogP) is 0.713. The number of nitrogens with one attached hydrogen (secondary N) is 1. The Balaban J connectivity index is 1.14. The number of ether oxygens (including phenoxy) is 1. The first kappa shape index (κ1) is 19.4. The number of piperidine rings is 1. The van der Waals surface area contributed by atoms with E-state index in [1.165, 1.54) is 17.8 Å². The third-order valence-electron chi connectivity index (χ3n) is 6.70. The molecule has 2 bridgehead atoms. The molecular formula is C23H24BN7O. The van der Waals surface area contributed by atoms with E-state index in [0.717, 1.165) is 43.0 Å². The van der Waals surface area contributed by atoms with Gasteiger partial charge in [0.1, 0.15) is 20.0 Å². The van der Waals surface area contributed by atoms with E-state index in [1.807, 2.05) is 18.3 Å². The highest BCUT2D eigenvalue weighted by molar-refractivity contribution is 6.32. The maximum atomic E-state index is 6.06. The molecule has 160 valence electrons. The van der Waals surface area contributed by atoms with Crippen LogP contribution in [0.5, 0.6) is 5.88 Å². The smallest absolute Gasteiger partial charge is 0.212 e. The van der Waals surface area contributed by atoms with Crippen molar-refractivity contribution in [2.75, 3.05) is 26.7 Å². The van der Waals surface area contributed by atoms with Gasteiger partial charge >= 0.3 is 0 Å². The highest BCUT2D eigenvalue weighted by Crippen LogP contribution is 2.35. The van der Waals surface area contributed by atoms with Crippen LogP contribution in [-0.4, -0.2) is 76.1 Å². The zero-order chi connectivity index (χ0) is 21.7. The molecule has 0 saturated carbocycles. The lowest BCUT2D eigenvalue weighted by molar-refractivity contribution is -0.0660. The summed E-state index contributed by atoms with van der Waals surface area (Å²) in [6.45, 7) is 3.76. The summed E-state index contributed by atoms with van der Waals surface area (Å²) >= 11 is 0. The fourth-order valence-electron chi connectivity index (χ4n) is 5.05. The molecule has 4 aliphatic heterocycles. The Bertz CT molecular complexity index is 1210. The Hall–Kier alpha value is -3.33. The molecule has 0 amide bonds. The summed E-state index contributed by atoms with van der Waals surface area (Å²) in [5.74, 6) is 1.85. The summed E-state index contributed by atoms with van der Waals surface area (Å²) in [6.07, 6.45) is 10.9. The van der Waals surface area contributed by atoms with Crippen LogP contribution in [0.3, 0.4) is 0 Å². The third-order valence-corrected chi connectivity index (χ3v) is 6.70. The fraction of sp³-hybridized carbons (Fsp3) is 0.348. The van der Waals surface area contributed by atoms with Crippen LogP contribution in [-0.2, 0) is 6.54 Å². The van der Waals surface area contributed by atoms with E-state index >= 15 is 0 Å². The SMILES string of the molecule is [B]c1cc(C2=CC=C(N3CC4CC(C3)N4Cc3ccc(OC)nc3)NC2)c2ncnn2c1. The van der Waals surface area contributed by atoms with Crippen molar-refractivity contribution in [1.82, 2.24) is 34.7 Å². The molecule has 9 heteroatoms.